The van der Waals surface area contributed by atoms with Gasteiger partial charge in [-0.3, -0.25) is 0 Å². The smallest absolute Gasteiger partial charge is 0.224 e. The van der Waals surface area contributed by atoms with E-state index < -0.39 is 0 Å². The molecule has 0 unspecified atom stereocenters. The van der Waals surface area contributed by atoms with Crippen LogP contribution in [-0.2, 0) is 0 Å². The Hall–Kier alpha value is -1.85. The van der Waals surface area contributed by atoms with Crippen molar-refractivity contribution >= 4 is 34.2 Å². The van der Waals surface area contributed by atoms with Gasteiger partial charge in [-0.05, 0) is 29.8 Å². The fourth-order valence-corrected chi connectivity index (χ4v) is 2.15. The molecule has 0 aliphatic heterocycles. The average molecular weight is 295 g/mol. The standard InChI is InChI=1S/C12H8Cl2N4O/c1-19-10-3-2-8(4-9(10)13)18-11-7(6-16-18)5-15-12(14)17-11/h2-6H,1H3. The first-order chi connectivity index (χ1) is 9.19. The monoisotopic (exact) mass is 294 g/mol. The zero-order valence-corrected chi connectivity index (χ0v) is 11.4. The molecule has 96 valence electrons. The van der Waals surface area contributed by atoms with Crippen LogP contribution in [0.25, 0.3) is 16.7 Å². The van der Waals surface area contributed by atoms with Crippen molar-refractivity contribution in [1.29, 1.82) is 0 Å². The summed E-state index contributed by atoms with van der Waals surface area (Å²) in [5, 5.41) is 5.74. The first-order valence-electron chi connectivity index (χ1n) is 5.39. The molecule has 2 heterocycles. The van der Waals surface area contributed by atoms with Crippen LogP contribution >= 0.6 is 23.2 Å². The van der Waals surface area contributed by atoms with Crippen molar-refractivity contribution in [2.75, 3.05) is 7.11 Å². The molecule has 0 aliphatic rings. The summed E-state index contributed by atoms with van der Waals surface area (Å²) in [7, 11) is 1.57. The molecule has 0 amide bonds. The van der Waals surface area contributed by atoms with Crippen LogP contribution in [0.2, 0.25) is 10.3 Å². The van der Waals surface area contributed by atoms with Gasteiger partial charge < -0.3 is 4.74 Å². The molecule has 3 rings (SSSR count). The lowest BCUT2D eigenvalue weighted by molar-refractivity contribution is 0.415. The van der Waals surface area contributed by atoms with E-state index in [1.54, 1.807) is 36.3 Å². The molecule has 5 nitrogen and oxygen atoms in total. The number of aromatic nitrogens is 4. The van der Waals surface area contributed by atoms with E-state index in [1.165, 1.54) is 0 Å². The Kier molecular flexibility index (Phi) is 3.00. The van der Waals surface area contributed by atoms with Crippen LogP contribution < -0.4 is 4.74 Å². The number of fused-ring (bicyclic) bond motifs is 1. The molecule has 0 aliphatic carbocycles. The predicted octanol–water partition coefficient (Wildman–Crippen LogP) is 3.13. The number of ether oxygens (including phenoxy) is 1. The lowest BCUT2D eigenvalue weighted by atomic mass is 10.3. The highest BCUT2D eigenvalue weighted by molar-refractivity contribution is 6.32. The van der Waals surface area contributed by atoms with E-state index in [1.807, 2.05) is 6.07 Å². The molecule has 0 radical (unpaired) electrons. The number of nitrogens with zero attached hydrogens (tertiary/aromatic N) is 4. The van der Waals surface area contributed by atoms with Crippen LogP contribution in [0.4, 0.5) is 0 Å². The molecule has 0 bridgehead atoms. The molecule has 0 saturated heterocycles. The van der Waals surface area contributed by atoms with Gasteiger partial charge in [0.15, 0.2) is 5.65 Å². The minimum Gasteiger partial charge on any atom is -0.495 e. The average Bonchev–Trinajstić information content (AvgIpc) is 2.81. The minimum absolute atomic E-state index is 0.175. The highest BCUT2D eigenvalue weighted by Crippen LogP contribution is 2.27. The van der Waals surface area contributed by atoms with Crippen LogP contribution in [0.5, 0.6) is 5.75 Å². The molecule has 1 aromatic carbocycles. The molecule has 0 N–H and O–H groups in total. The van der Waals surface area contributed by atoms with E-state index in [4.69, 9.17) is 27.9 Å². The first kappa shape index (κ1) is 12.2. The van der Waals surface area contributed by atoms with Crippen molar-refractivity contribution < 1.29 is 4.74 Å². The second-order valence-corrected chi connectivity index (χ2v) is 4.54. The van der Waals surface area contributed by atoms with Gasteiger partial charge in [0.1, 0.15) is 5.75 Å². The van der Waals surface area contributed by atoms with E-state index in [2.05, 4.69) is 15.1 Å². The Morgan fingerprint density at radius 3 is 2.79 bits per heavy atom. The molecule has 2 aromatic heterocycles. The van der Waals surface area contributed by atoms with Gasteiger partial charge in [0.05, 0.1) is 29.4 Å². The van der Waals surface area contributed by atoms with Gasteiger partial charge in [-0.15, -0.1) is 0 Å². The van der Waals surface area contributed by atoms with Gasteiger partial charge in [-0.1, -0.05) is 11.6 Å². The van der Waals surface area contributed by atoms with Crippen molar-refractivity contribution in [1.82, 2.24) is 19.7 Å². The normalized spacial score (nSPS) is 10.9. The van der Waals surface area contributed by atoms with Crippen LogP contribution in [0, 0.1) is 0 Å². The fourth-order valence-electron chi connectivity index (χ4n) is 1.77. The number of benzene rings is 1. The van der Waals surface area contributed by atoms with E-state index in [0.717, 1.165) is 11.1 Å². The Balaban J connectivity index is 2.18. The molecular formula is C12H8Cl2N4O. The summed E-state index contributed by atoms with van der Waals surface area (Å²) < 4.78 is 6.76. The molecule has 3 aromatic rings. The predicted molar refractivity (Wildman–Crippen MR) is 73.2 cm³/mol. The molecule has 0 fully saturated rings. The van der Waals surface area contributed by atoms with E-state index in [-0.39, 0.29) is 5.28 Å². The summed E-state index contributed by atoms with van der Waals surface area (Å²) in [5.74, 6) is 0.606. The van der Waals surface area contributed by atoms with Gasteiger partial charge in [0, 0.05) is 6.20 Å². The van der Waals surface area contributed by atoms with Gasteiger partial charge in [-0.2, -0.15) is 10.1 Å². The van der Waals surface area contributed by atoms with E-state index in [9.17, 15) is 0 Å². The Morgan fingerprint density at radius 2 is 2.05 bits per heavy atom. The number of hydrogen-bond acceptors (Lipinski definition) is 4. The maximum atomic E-state index is 6.10. The summed E-state index contributed by atoms with van der Waals surface area (Å²) in [6, 6.07) is 5.37. The van der Waals surface area contributed by atoms with Crippen molar-refractivity contribution in [2.45, 2.75) is 0 Å². The van der Waals surface area contributed by atoms with Crippen LogP contribution in [-0.4, -0.2) is 26.9 Å². The van der Waals surface area contributed by atoms with Gasteiger partial charge in [0.2, 0.25) is 5.28 Å². The Labute approximate surface area is 118 Å². The number of hydrogen-bond donors (Lipinski definition) is 0. The summed E-state index contributed by atoms with van der Waals surface area (Å²) in [6.07, 6.45) is 3.29. The largest absolute Gasteiger partial charge is 0.495 e. The van der Waals surface area contributed by atoms with Crippen LogP contribution in [0.1, 0.15) is 0 Å². The van der Waals surface area contributed by atoms with E-state index >= 15 is 0 Å². The van der Waals surface area contributed by atoms with E-state index in [0.29, 0.717) is 16.4 Å². The molecule has 7 heteroatoms. The fraction of sp³-hybridized carbons (Fsp3) is 0.0833. The maximum Gasteiger partial charge on any atom is 0.224 e. The van der Waals surface area contributed by atoms with Gasteiger partial charge in [0.25, 0.3) is 0 Å². The number of rotatable bonds is 2. The SMILES string of the molecule is COc1ccc(-n2ncc3cnc(Cl)nc32)cc1Cl. The molecule has 0 atom stereocenters. The van der Waals surface area contributed by atoms with Gasteiger partial charge >= 0.3 is 0 Å². The Bertz CT molecular complexity index is 757. The molecule has 0 spiro atoms. The minimum atomic E-state index is 0.175. The highest BCUT2D eigenvalue weighted by atomic mass is 35.5. The Morgan fingerprint density at radius 1 is 1.21 bits per heavy atom. The lowest BCUT2D eigenvalue weighted by Crippen LogP contribution is -1.98. The van der Waals surface area contributed by atoms with Crippen LogP contribution in [0.15, 0.2) is 30.6 Å². The third-order valence-corrected chi connectivity index (χ3v) is 3.14. The van der Waals surface area contributed by atoms with Gasteiger partial charge in [-0.25, -0.2) is 9.67 Å². The molecule has 0 saturated carbocycles. The third kappa shape index (κ3) is 2.11. The van der Waals surface area contributed by atoms with Crippen molar-refractivity contribution in [3.63, 3.8) is 0 Å². The number of halogens is 2. The zero-order chi connectivity index (χ0) is 13.4. The number of methoxy groups -OCH3 is 1. The quantitative estimate of drug-likeness (QED) is 0.682. The second-order valence-electron chi connectivity index (χ2n) is 3.79. The van der Waals surface area contributed by atoms with Crippen LogP contribution in [0.3, 0.4) is 0 Å². The summed E-state index contributed by atoms with van der Waals surface area (Å²) in [4.78, 5) is 8.08. The van der Waals surface area contributed by atoms with Crippen molar-refractivity contribution in [2.24, 2.45) is 0 Å². The second kappa shape index (κ2) is 4.68. The highest BCUT2D eigenvalue weighted by Gasteiger charge is 2.09. The topological polar surface area (TPSA) is 52.8 Å². The zero-order valence-electron chi connectivity index (χ0n) is 9.84. The third-order valence-electron chi connectivity index (χ3n) is 2.66. The summed E-state index contributed by atoms with van der Waals surface area (Å²) >= 11 is 11.9. The molecular weight excluding hydrogens is 287 g/mol. The van der Waals surface area contributed by atoms with Crippen molar-refractivity contribution in [3.05, 3.63) is 40.9 Å². The first-order valence-corrected chi connectivity index (χ1v) is 6.15. The maximum absolute atomic E-state index is 6.10. The molecule has 19 heavy (non-hydrogen) atoms. The lowest BCUT2D eigenvalue weighted by Gasteiger charge is -2.06. The summed E-state index contributed by atoms with van der Waals surface area (Å²) in [6.45, 7) is 0. The van der Waals surface area contributed by atoms with Crippen molar-refractivity contribution in [3.8, 4) is 11.4 Å². The summed E-state index contributed by atoms with van der Waals surface area (Å²) in [5.41, 5.74) is 1.40.